The van der Waals surface area contributed by atoms with Gasteiger partial charge in [0.2, 0.25) is 23.6 Å². The van der Waals surface area contributed by atoms with Crippen LogP contribution < -0.4 is 10.6 Å². The van der Waals surface area contributed by atoms with Crippen LogP contribution in [0.15, 0.2) is 0 Å². The maximum Gasteiger partial charge on any atom is 0.308 e. The Morgan fingerprint density at radius 2 is 1.61 bits per heavy atom. The summed E-state index contributed by atoms with van der Waals surface area (Å²) < 4.78 is 5.42. The predicted molar refractivity (Wildman–Crippen MR) is 160 cm³/mol. The van der Waals surface area contributed by atoms with E-state index in [2.05, 4.69) is 10.6 Å². The summed E-state index contributed by atoms with van der Waals surface area (Å²) >= 11 is 0. The number of nitrogens with zero attached hydrogens (tertiary/aromatic N) is 3. The Bertz CT molecular complexity index is 1050. The van der Waals surface area contributed by atoms with Gasteiger partial charge in [0.05, 0.1) is 19.1 Å². The van der Waals surface area contributed by atoms with Crippen molar-refractivity contribution in [1.82, 2.24) is 25.3 Å². The third-order valence-corrected chi connectivity index (χ3v) is 8.70. The Morgan fingerprint density at radius 1 is 0.955 bits per heavy atom. The molecular formula is C30H51N5O9. The van der Waals surface area contributed by atoms with Crippen molar-refractivity contribution < 1.29 is 43.7 Å². The summed E-state index contributed by atoms with van der Waals surface area (Å²) in [6.07, 6.45) is -1.47. The maximum atomic E-state index is 14.0. The molecule has 0 aromatic rings. The summed E-state index contributed by atoms with van der Waals surface area (Å²) in [5.41, 5.74) is 0. The zero-order valence-corrected chi connectivity index (χ0v) is 27.1. The monoisotopic (exact) mass is 625 g/mol. The second-order valence-electron chi connectivity index (χ2n) is 12.3. The van der Waals surface area contributed by atoms with E-state index in [4.69, 9.17) is 4.74 Å². The van der Waals surface area contributed by atoms with Crippen molar-refractivity contribution in [2.45, 2.75) is 110 Å². The van der Waals surface area contributed by atoms with Gasteiger partial charge in [0.1, 0.15) is 24.2 Å². The molecule has 14 nitrogen and oxygen atoms in total. The van der Waals surface area contributed by atoms with Gasteiger partial charge in [-0.25, -0.2) is 0 Å². The molecule has 4 N–H and O–H groups in total. The molecule has 0 radical (unpaired) electrons. The highest BCUT2D eigenvalue weighted by molar-refractivity contribution is 5.96. The zero-order valence-electron chi connectivity index (χ0n) is 27.1. The highest BCUT2D eigenvalue weighted by Crippen LogP contribution is 2.23. The number of aliphatic hydroxyl groups is 2. The minimum Gasteiger partial charge on any atom is -0.452 e. The lowest BCUT2D eigenvalue weighted by Gasteiger charge is -2.39. The number of piperidine rings is 1. The predicted octanol–water partition coefficient (Wildman–Crippen LogP) is -0.597. The van der Waals surface area contributed by atoms with Crippen molar-refractivity contribution in [3.05, 3.63) is 0 Å². The number of nitrogens with one attached hydrogen (secondary N) is 2. The molecular weight excluding hydrogens is 574 g/mol. The van der Waals surface area contributed by atoms with Crippen LogP contribution >= 0.6 is 0 Å². The molecule has 5 amide bonds. The smallest absolute Gasteiger partial charge is 0.308 e. The van der Waals surface area contributed by atoms with Gasteiger partial charge in [-0.2, -0.15) is 0 Å². The molecule has 2 fully saturated rings. The van der Waals surface area contributed by atoms with Crippen molar-refractivity contribution in [2.75, 3.05) is 33.8 Å². The van der Waals surface area contributed by atoms with Crippen molar-refractivity contribution in [3.8, 4) is 0 Å². The van der Waals surface area contributed by atoms with Crippen LogP contribution in [0.2, 0.25) is 0 Å². The number of hydrogen-bond acceptors (Lipinski definition) is 9. The molecule has 0 aromatic carbocycles. The highest BCUT2D eigenvalue weighted by Gasteiger charge is 2.42. The summed E-state index contributed by atoms with van der Waals surface area (Å²) in [7, 11) is 2.97. The molecule has 2 aliphatic rings. The van der Waals surface area contributed by atoms with Gasteiger partial charge in [0.25, 0.3) is 5.91 Å². The Balaban J connectivity index is 2.57. The number of amides is 5. The average molecular weight is 626 g/mol. The number of rotatable bonds is 6. The van der Waals surface area contributed by atoms with Crippen LogP contribution in [0.5, 0.6) is 0 Å². The lowest BCUT2D eigenvalue weighted by atomic mass is 9.93. The Kier molecular flexibility index (Phi) is 14.0. The van der Waals surface area contributed by atoms with E-state index < -0.39 is 84.9 Å². The highest BCUT2D eigenvalue weighted by atomic mass is 16.5. The van der Waals surface area contributed by atoms with Gasteiger partial charge in [0, 0.05) is 33.6 Å². The van der Waals surface area contributed by atoms with E-state index in [1.165, 1.54) is 35.7 Å². The lowest BCUT2D eigenvalue weighted by Crippen LogP contribution is -2.62. The standard InChI is InChI=1S/C30H51N5O9/c1-8-18(4)24-29(42)34(7)25(17(2)3)30(43)33(6)19(5)26(39)31-13-12-23(38)44-22(15-20(37)16-36)28(41)35-14-10-9-11-21(35)27(40)32-24/h17-22,24-25,36-37H,8-16H2,1-7H3,(H,31,39)(H,32,40)/t18-,19-,20?,21+,22+,24-,25-/m0/s1. The van der Waals surface area contributed by atoms with Crippen molar-refractivity contribution >= 4 is 35.5 Å². The Morgan fingerprint density at radius 3 is 2.20 bits per heavy atom. The fraction of sp³-hybridized carbons (Fsp3) is 0.800. The number of fused-ring (bicyclic) bond motifs is 1. The van der Waals surface area contributed by atoms with Crippen LogP contribution in [0.1, 0.15) is 73.1 Å². The largest absolute Gasteiger partial charge is 0.452 e. The molecule has 0 aliphatic carbocycles. The van der Waals surface area contributed by atoms with Gasteiger partial charge >= 0.3 is 5.97 Å². The number of hydrogen-bond donors (Lipinski definition) is 4. The SMILES string of the molecule is CC[C@H](C)[C@@H]1NC(=O)[C@H]2CCCCN2C(=O)[C@@H](CC(O)CO)OC(=O)CCNC(=O)[C@H](C)N(C)C(=O)[C@H](C(C)C)N(C)C1=O. The molecule has 7 atom stereocenters. The quantitative estimate of drug-likeness (QED) is 0.280. The molecule has 1 unspecified atom stereocenters. The fourth-order valence-electron chi connectivity index (χ4n) is 5.59. The van der Waals surface area contributed by atoms with Gasteiger partial charge < -0.3 is 40.3 Å². The van der Waals surface area contributed by atoms with Gasteiger partial charge in [0.15, 0.2) is 6.10 Å². The van der Waals surface area contributed by atoms with E-state index in [9.17, 15) is 39.0 Å². The van der Waals surface area contributed by atoms with Crippen LogP contribution in [0, 0.1) is 11.8 Å². The topological polar surface area (TPSA) is 186 Å². The van der Waals surface area contributed by atoms with Crippen LogP contribution in [-0.2, 0) is 33.5 Å². The van der Waals surface area contributed by atoms with Crippen molar-refractivity contribution in [2.24, 2.45) is 11.8 Å². The van der Waals surface area contributed by atoms with E-state index in [1.54, 1.807) is 13.8 Å². The van der Waals surface area contributed by atoms with Crippen molar-refractivity contribution in [1.29, 1.82) is 0 Å². The molecule has 250 valence electrons. The number of ether oxygens (including phenoxy) is 1. The lowest BCUT2D eigenvalue weighted by molar-refractivity contribution is -0.165. The normalized spacial score (nSPS) is 28.8. The molecule has 0 aromatic heterocycles. The molecule has 0 spiro atoms. The third kappa shape index (κ3) is 9.13. The van der Waals surface area contributed by atoms with Gasteiger partial charge in [-0.05, 0) is 38.0 Å². The molecule has 0 saturated carbocycles. The van der Waals surface area contributed by atoms with E-state index in [0.29, 0.717) is 25.7 Å². The minimum atomic E-state index is -1.48. The summed E-state index contributed by atoms with van der Waals surface area (Å²) in [5, 5.41) is 25.0. The van der Waals surface area contributed by atoms with Crippen molar-refractivity contribution in [3.63, 3.8) is 0 Å². The summed E-state index contributed by atoms with van der Waals surface area (Å²) in [6.45, 7) is 8.16. The first-order valence-corrected chi connectivity index (χ1v) is 15.6. The van der Waals surface area contributed by atoms with Crippen LogP contribution in [0.4, 0.5) is 0 Å². The first kappa shape index (κ1) is 36.9. The molecule has 2 rings (SSSR count). The number of carbonyl (C=O) groups is 6. The molecule has 2 heterocycles. The maximum absolute atomic E-state index is 14.0. The van der Waals surface area contributed by atoms with E-state index in [0.717, 1.165) is 0 Å². The van der Waals surface area contributed by atoms with Crippen LogP contribution in [-0.4, -0.2) is 131 Å². The number of cyclic esters (lactones) is 1. The summed E-state index contributed by atoms with van der Waals surface area (Å²) in [6, 6.07) is -3.86. The average Bonchev–Trinajstić information content (AvgIpc) is 3.00. The van der Waals surface area contributed by atoms with Gasteiger partial charge in [-0.1, -0.05) is 34.1 Å². The van der Waals surface area contributed by atoms with E-state index in [-0.39, 0.29) is 31.3 Å². The van der Waals surface area contributed by atoms with Gasteiger partial charge in [-0.3, -0.25) is 28.8 Å². The Labute approximate surface area is 259 Å². The number of carbonyl (C=O) groups excluding carboxylic acids is 6. The Hall–Kier alpha value is -3.26. The van der Waals surface area contributed by atoms with Gasteiger partial charge in [-0.15, -0.1) is 0 Å². The van der Waals surface area contributed by atoms with E-state index in [1.807, 2.05) is 13.8 Å². The van der Waals surface area contributed by atoms with E-state index >= 15 is 0 Å². The van der Waals surface area contributed by atoms with Crippen LogP contribution in [0.25, 0.3) is 0 Å². The summed E-state index contributed by atoms with van der Waals surface area (Å²) in [4.78, 5) is 84.7. The third-order valence-electron chi connectivity index (χ3n) is 8.70. The molecule has 2 aliphatic heterocycles. The zero-order chi connectivity index (χ0) is 33.3. The first-order valence-electron chi connectivity index (χ1n) is 15.6. The number of esters is 1. The molecule has 0 bridgehead atoms. The molecule has 2 saturated heterocycles. The van der Waals surface area contributed by atoms with Crippen LogP contribution in [0.3, 0.4) is 0 Å². The first-order chi connectivity index (χ1) is 20.7. The molecule has 14 heteroatoms. The molecule has 44 heavy (non-hydrogen) atoms. The minimum absolute atomic E-state index is 0.148. The number of likely N-dealkylation sites (N-methyl/N-ethyl adjacent to an activating group) is 2. The number of aliphatic hydroxyl groups excluding tert-OH is 2. The summed E-state index contributed by atoms with van der Waals surface area (Å²) in [5.74, 6) is -4.20. The second kappa shape index (κ2) is 16.7. The second-order valence-corrected chi connectivity index (χ2v) is 12.3. The fourth-order valence-corrected chi connectivity index (χ4v) is 5.59.